The number of hydrogen-bond acceptors (Lipinski definition) is 3. The van der Waals surface area contributed by atoms with E-state index < -0.39 is 0 Å². The zero-order valence-electron chi connectivity index (χ0n) is 10.6. The van der Waals surface area contributed by atoms with Gasteiger partial charge in [0.25, 0.3) is 0 Å². The van der Waals surface area contributed by atoms with E-state index in [-0.39, 0.29) is 0 Å². The van der Waals surface area contributed by atoms with Crippen LogP contribution in [0.25, 0.3) is 0 Å². The predicted molar refractivity (Wildman–Crippen MR) is 80.4 cm³/mol. The smallest absolute Gasteiger partial charge is 0.0766 e. The van der Waals surface area contributed by atoms with Crippen LogP contribution < -0.4 is 5.32 Å². The Morgan fingerprint density at radius 2 is 1.78 bits per heavy atom. The van der Waals surface area contributed by atoms with Gasteiger partial charge in [0.05, 0.1) is 6.04 Å². The van der Waals surface area contributed by atoms with E-state index in [1.54, 1.807) is 0 Å². The maximum absolute atomic E-state index is 3.81. The molecular formula is C15H19NS2. The van der Waals surface area contributed by atoms with Crippen molar-refractivity contribution in [2.45, 2.75) is 38.3 Å². The summed E-state index contributed by atoms with van der Waals surface area (Å²) < 4.78 is 0. The summed E-state index contributed by atoms with van der Waals surface area (Å²) in [7, 11) is 0. The second-order valence-corrected chi connectivity index (χ2v) is 7.17. The van der Waals surface area contributed by atoms with Crippen LogP contribution in [0.2, 0.25) is 0 Å². The van der Waals surface area contributed by atoms with Gasteiger partial charge in [-0.05, 0) is 42.2 Å². The highest BCUT2D eigenvalue weighted by Gasteiger charge is 2.25. The molecule has 2 aromatic heterocycles. The lowest BCUT2D eigenvalue weighted by Crippen LogP contribution is -2.30. The molecule has 1 unspecified atom stereocenters. The first-order valence-electron chi connectivity index (χ1n) is 6.66. The van der Waals surface area contributed by atoms with Crippen LogP contribution in [-0.4, -0.2) is 6.04 Å². The largest absolute Gasteiger partial charge is 0.302 e. The van der Waals surface area contributed by atoms with Crippen LogP contribution in [0.4, 0.5) is 0 Å². The van der Waals surface area contributed by atoms with Crippen molar-refractivity contribution >= 4 is 22.7 Å². The predicted octanol–water partition coefficient (Wildman–Crippen LogP) is 4.68. The first kappa shape index (κ1) is 12.4. The van der Waals surface area contributed by atoms with E-state index in [1.165, 1.54) is 29.0 Å². The van der Waals surface area contributed by atoms with Gasteiger partial charge in [-0.2, -0.15) is 0 Å². The molecule has 96 valence electrons. The summed E-state index contributed by atoms with van der Waals surface area (Å²) in [5, 5.41) is 8.15. The van der Waals surface area contributed by atoms with Gasteiger partial charge in [-0.25, -0.2) is 0 Å². The first-order chi connectivity index (χ1) is 8.83. The lowest BCUT2D eigenvalue weighted by atomic mass is 10.1. The van der Waals surface area contributed by atoms with Gasteiger partial charge in [-0.15, -0.1) is 22.7 Å². The van der Waals surface area contributed by atoms with Gasteiger partial charge in [-0.1, -0.05) is 25.0 Å². The summed E-state index contributed by atoms with van der Waals surface area (Å²) in [6, 6.07) is 9.77. The molecule has 0 aromatic carbocycles. The monoisotopic (exact) mass is 277 g/mol. The van der Waals surface area contributed by atoms with Gasteiger partial charge < -0.3 is 5.32 Å². The SMILES string of the molecule is CC(CC1CC1)NC(c1cccs1)c1cccs1. The van der Waals surface area contributed by atoms with Crippen LogP contribution in [0.3, 0.4) is 0 Å². The normalized spacial score (nSPS) is 17.2. The minimum Gasteiger partial charge on any atom is -0.302 e. The third kappa shape index (κ3) is 3.02. The molecule has 1 fully saturated rings. The molecule has 1 nitrogen and oxygen atoms in total. The van der Waals surface area contributed by atoms with Crippen molar-refractivity contribution in [1.29, 1.82) is 0 Å². The Labute approximate surface area is 117 Å². The fourth-order valence-corrected chi connectivity index (χ4v) is 4.10. The second-order valence-electron chi connectivity index (χ2n) is 5.21. The molecule has 0 aliphatic heterocycles. The van der Waals surface area contributed by atoms with E-state index in [2.05, 4.69) is 47.3 Å². The summed E-state index contributed by atoms with van der Waals surface area (Å²) in [5.74, 6) is 0.986. The standard InChI is InChI=1S/C15H19NS2/c1-11(10-12-6-7-12)16-15(13-4-2-8-17-13)14-5-3-9-18-14/h2-5,8-9,11-12,15-16H,6-7,10H2,1H3. The summed E-state index contributed by atoms with van der Waals surface area (Å²) in [6.07, 6.45) is 4.20. The lowest BCUT2D eigenvalue weighted by Gasteiger charge is -2.21. The molecule has 0 spiro atoms. The van der Waals surface area contributed by atoms with Crippen molar-refractivity contribution in [3.05, 3.63) is 44.8 Å². The van der Waals surface area contributed by atoms with E-state index in [0.717, 1.165) is 5.92 Å². The quantitative estimate of drug-likeness (QED) is 0.808. The van der Waals surface area contributed by atoms with E-state index in [4.69, 9.17) is 0 Å². The van der Waals surface area contributed by atoms with Crippen LogP contribution in [0.1, 0.15) is 42.0 Å². The van der Waals surface area contributed by atoms with Crippen LogP contribution in [-0.2, 0) is 0 Å². The van der Waals surface area contributed by atoms with E-state index in [9.17, 15) is 0 Å². The number of thiophene rings is 2. The van der Waals surface area contributed by atoms with Crippen LogP contribution in [0.15, 0.2) is 35.0 Å². The number of hydrogen-bond donors (Lipinski definition) is 1. The molecule has 1 aliphatic rings. The topological polar surface area (TPSA) is 12.0 Å². The highest BCUT2D eigenvalue weighted by molar-refractivity contribution is 7.11. The molecule has 3 heteroatoms. The average molecular weight is 277 g/mol. The molecule has 0 bridgehead atoms. The molecule has 2 heterocycles. The van der Waals surface area contributed by atoms with Crippen LogP contribution >= 0.6 is 22.7 Å². The Hall–Kier alpha value is -0.640. The molecule has 0 radical (unpaired) electrons. The molecule has 1 aliphatic carbocycles. The Morgan fingerprint density at radius 1 is 1.17 bits per heavy atom. The number of rotatable bonds is 6. The fraction of sp³-hybridized carbons (Fsp3) is 0.467. The Balaban J connectivity index is 1.73. The summed E-state index contributed by atoms with van der Waals surface area (Å²) >= 11 is 3.70. The van der Waals surface area contributed by atoms with Gasteiger partial charge in [0.15, 0.2) is 0 Å². The maximum Gasteiger partial charge on any atom is 0.0766 e. The first-order valence-corrected chi connectivity index (χ1v) is 8.41. The van der Waals surface area contributed by atoms with Gasteiger partial charge >= 0.3 is 0 Å². The molecule has 1 N–H and O–H groups in total. The maximum atomic E-state index is 3.81. The Bertz CT molecular complexity index is 422. The molecule has 1 saturated carbocycles. The molecular weight excluding hydrogens is 258 g/mol. The van der Waals surface area contributed by atoms with Crippen molar-refractivity contribution in [2.24, 2.45) is 5.92 Å². The highest BCUT2D eigenvalue weighted by Crippen LogP contribution is 2.35. The third-order valence-corrected chi connectivity index (χ3v) is 5.36. The minimum absolute atomic E-state index is 0.388. The number of nitrogens with one attached hydrogen (secondary N) is 1. The molecule has 0 amide bonds. The minimum atomic E-state index is 0.388. The molecule has 18 heavy (non-hydrogen) atoms. The third-order valence-electron chi connectivity index (χ3n) is 3.49. The Morgan fingerprint density at radius 3 is 2.22 bits per heavy atom. The average Bonchev–Trinajstić information content (AvgIpc) is 2.91. The van der Waals surface area contributed by atoms with Crippen molar-refractivity contribution in [2.75, 3.05) is 0 Å². The molecule has 2 aromatic rings. The van der Waals surface area contributed by atoms with Crippen LogP contribution in [0, 0.1) is 5.92 Å². The molecule has 3 rings (SSSR count). The fourth-order valence-electron chi connectivity index (χ4n) is 2.42. The second kappa shape index (κ2) is 5.55. The van der Waals surface area contributed by atoms with Crippen molar-refractivity contribution in [3.63, 3.8) is 0 Å². The Kier molecular flexibility index (Phi) is 3.83. The van der Waals surface area contributed by atoms with Gasteiger partial charge in [0.2, 0.25) is 0 Å². The molecule has 0 saturated heterocycles. The van der Waals surface area contributed by atoms with Crippen molar-refractivity contribution < 1.29 is 0 Å². The van der Waals surface area contributed by atoms with Gasteiger partial charge in [0, 0.05) is 15.8 Å². The summed E-state index contributed by atoms with van der Waals surface area (Å²) in [6.45, 7) is 2.33. The summed E-state index contributed by atoms with van der Waals surface area (Å²) in [4.78, 5) is 2.86. The van der Waals surface area contributed by atoms with Crippen LogP contribution in [0.5, 0.6) is 0 Å². The zero-order valence-corrected chi connectivity index (χ0v) is 12.3. The molecule has 1 atom stereocenters. The highest BCUT2D eigenvalue weighted by atomic mass is 32.1. The van der Waals surface area contributed by atoms with Crippen molar-refractivity contribution in [3.8, 4) is 0 Å². The van der Waals surface area contributed by atoms with Crippen molar-refractivity contribution in [1.82, 2.24) is 5.32 Å². The van der Waals surface area contributed by atoms with E-state index in [0.29, 0.717) is 12.1 Å². The van der Waals surface area contributed by atoms with E-state index >= 15 is 0 Å². The van der Waals surface area contributed by atoms with E-state index in [1.807, 2.05) is 22.7 Å². The van der Waals surface area contributed by atoms with Gasteiger partial charge in [0.1, 0.15) is 0 Å². The van der Waals surface area contributed by atoms with Gasteiger partial charge in [-0.3, -0.25) is 0 Å². The summed E-state index contributed by atoms with van der Waals surface area (Å²) in [5.41, 5.74) is 0. The lowest BCUT2D eigenvalue weighted by molar-refractivity contribution is 0.459. The zero-order chi connectivity index (χ0) is 12.4.